The molecule has 0 radical (unpaired) electrons. The van der Waals surface area contributed by atoms with E-state index in [4.69, 9.17) is 29.7 Å². The zero-order chi connectivity index (χ0) is 30.9. The number of rotatable bonds is 5. The Bertz CT molecular complexity index is 1680. The molecule has 12 heteroatoms. The van der Waals surface area contributed by atoms with Crippen LogP contribution >= 0.6 is 0 Å². The number of nitrogen functional groups attached to an aromatic ring is 1. The molecule has 5 aliphatic rings. The van der Waals surface area contributed by atoms with Crippen LogP contribution in [0.1, 0.15) is 60.6 Å². The number of nitrogens with zero attached hydrogens (tertiary/aromatic N) is 6. The molecule has 2 aromatic heterocycles. The number of hydrogen-bond acceptors (Lipinski definition) is 11. The lowest BCUT2D eigenvalue weighted by Gasteiger charge is -2.49. The van der Waals surface area contributed by atoms with Crippen molar-refractivity contribution in [3.8, 4) is 23.5 Å². The molecule has 0 saturated carbocycles. The number of hydrogen-bond donors (Lipinski definition) is 2. The van der Waals surface area contributed by atoms with Gasteiger partial charge in [0.15, 0.2) is 17.3 Å². The first-order chi connectivity index (χ1) is 21.8. The van der Waals surface area contributed by atoms with Crippen LogP contribution in [-0.2, 0) is 23.0 Å². The van der Waals surface area contributed by atoms with Gasteiger partial charge in [-0.15, -0.1) is 0 Å². The molecular formula is C33H39FN8O3. The van der Waals surface area contributed by atoms with Gasteiger partial charge in [0.25, 0.3) is 0 Å². The second kappa shape index (κ2) is 10.6. The van der Waals surface area contributed by atoms with Crippen molar-refractivity contribution in [2.45, 2.75) is 74.7 Å². The Morgan fingerprint density at radius 2 is 2.11 bits per heavy atom. The molecule has 3 saturated heterocycles. The average molecular weight is 615 g/mol. The molecule has 2 spiro atoms. The molecule has 0 bridgehead atoms. The number of nitrogens with two attached hydrogens (primary N) is 1. The van der Waals surface area contributed by atoms with Gasteiger partial charge in [0.05, 0.1) is 29.7 Å². The van der Waals surface area contributed by atoms with Crippen molar-refractivity contribution in [2.75, 3.05) is 57.1 Å². The van der Waals surface area contributed by atoms with Crippen LogP contribution in [0.2, 0.25) is 0 Å². The number of likely N-dealkylation sites (N-methyl/N-ethyl adjacent to an activating group) is 1. The zero-order valence-electron chi connectivity index (χ0n) is 25.8. The van der Waals surface area contributed by atoms with Gasteiger partial charge in [-0.2, -0.15) is 10.2 Å². The van der Waals surface area contributed by atoms with Crippen molar-refractivity contribution < 1.29 is 18.4 Å². The first-order valence-electron chi connectivity index (χ1n) is 16.1. The number of anilines is 2. The number of alkyl halides is 1. The summed E-state index contributed by atoms with van der Waals surface area (Å²) in [5.74, 6) is 2.43. The van der Waals surface area contributed by atoms with E-state index in [1.165, 1.54) is 0 Å². The molecule has 4 unspecified atom stereocenters. The maximum atomic E-state index is 14.3. The fourth-order valence-electron chi connectivity index (χ4n) is 8.48. The van der Waals surface area contributed by atoms with Crippen LogP contribution in [0.4, 0.5) is 15.9 Å². The molecule has 1 aromatic carbocycles. The lowest BCUT2D eigenvalue weighted by atomic mass is 9.68. The van der Waals surface area contributed by atoms with Gasteiger partial charge < -0.3 is 29.9 Å². The van der Waals surface area contributed by atoms with E-state index in [-0.39, 0.29) is 17.7 Å². The lowest BCUT2D eigenvalue weighted by Crippen LogP contribution is -2.70. The highest BCUT2D eigenvalue weighted by atomic mass is 19.1. The maximum absolute atomic E-state index is 14.3. The number of aryl methyl sites for hydroxylation is 1. The Balaban J connectivity index is 1.20. The summed E-state index contributed by atoms with van der Waals surface area (Å²) in [5, 5.41) is 18.3. The van der Waals surface area contributed by atoms with Gasteiger partial charge in [0.1, 0.15) is 24.2 Å². The van der Waals surface area contributed by atoms with E-state index in [1.54, 1.807) is 0 Å². The minimum Gasteiger partial charge on any atom is -0.473 e. The van der Waals surface area contributed by atoms with Gasteiger partial charge in [-0.05, 0) is 69.7 Å². The van der Waals surface area contributed by atoms with Crippen LogP contribution in [0, 0.1) is 11.3 Å². The normalized spacial score (nSPS) is 27.6. The maximum Gasteiger partial charge on any atom is 0.219 e. The van der Waals surface area contributed by atoms with Gasteiger partial charge in [0, 0.05) is 49.5 Å². The van der Waals surface area contributed by atoms with Gasteiger partial charge in [-0.3, -0.25) is 4.90 Å². The van der Waals surface area contributed by atoms with Crippen LogP contribution in [0.15, 0.2) is 22.7 Å². The Morgan fingerprint density at radius 1 is 1.24 bits per heavy atom. The largest absolute Gasteiger partial charge is 0.473 e. The number of likely N-dealkylation sites (tertiary alicyclic amines) is 1. The number of fused-ring (bicyclic) bond motifs is 4. The molecule has 0 amide bonds. The highest BCUT2D eigenvalue weighted by Crippen LogP contribution is 2.54. The lowest BCUT2D eigenvalue weighted by molar-refractivity contribution is -0.0743. The van der Waals surface area contributed by atoms with Crippen LogP contribution in [0.3, 0.4) is 0 Å². The highest BCUT2D eigenvalue weighted by Gasteiger charge is 2.49. The summed E-state index contributed by atoms with van der Waals surface area (Å²) >= 11 is 0. The predicted octanol–water partition coefficient (Wildman–Crippen LogP) is 3.14. The fraction of sp³-hybridized carbons (Fsp3) is 0.576. The number of halogens is 1. The molecule has 11 nitrogen and oxygen atoms in total. The van der Waals surface area contributed by atoms with E-state index in [9.17, 15) is 9.65 Å². The Labute approximate surface area is 261 Å². The Hall–Kier alpha value is -3.79. The van der Waals surface area contributed by atoms with Gasteiger partial charge in [-0.25, -0.2) is 9.37 Å². The van der Waals surface area contributed by atoms with E-state index in [1.807, 2.05) is 37.1 Å². The van der Waals surface area contributed by atoms with E-state index in [2.05, 4.69) is 21.4 Å². The molecule has 2 aliphatic carbocycles. The van der Waals surface area contributed by atoms with E-state index < -0.39 is 11.6 Å². The topological polar surface area (TPSA) is 139 Å². The molecule has 3 aromatic rings. The molecule has 45 heavy (non-hydrogen) atoms. The van der Waals surface area contributed by atoms with Gasteiger partial charge >= 0.3 is 0 Å². The number of aromatic nitrogens is 3. The Morgan fingerprint density at radius 3 is 2.87 bits per heavy atom. The van der Waals surface area contributed by atoms with Crippen LogP contribution in [-0.4, -0.2) is 90.3 Å². The van der Waals surface area contributed by atoms with E-state index in [0.717, 1.165) is 80.0 Å². The third kappa shape index (κ3) is 4.58. The average Bonchev–Trinajstić information content (AvgIpc) is 3.72. The zero-order valence-corrected chi connectivity index (χ0v) is 25.8. The fourth-order valence-corrected chi connectivity index (χ4v) is 8.48. The number of nitrogens with one attached hydrogen (secondary N) is 1. The third-order valence-electron chi connectivity index (χ3n) is 10.7. The highest BCUT2D eigenvalue weighted by molar-refractivity contribution is 5.68. The molecule has 236 valence electrons. The van der Waals surface area contributed by atoms with Crippen molar-refractivity contribution >= 4 is 11.5 Å². The summed E-state index contributed by atoms with van der Waals surface area (Å²) in [6, 6.07) is 8.09. The first-order valence-corrected chi connectivity index (χ1v) is 16.1. The van der Waals surface area contributed by atoms with Crippen molar-refractivity contribution in [2.24, 2.45) is 0 Å². The molecule has 3 aliphatic heterocycles. The molecule has 5 heterocycles. The smallest absolute Gasteiger partial charge is 0.219 e. The monoisotopic (exact) mass is 614 g/mol. The number of benzene rings is 1. The second-order valence-electron chi connectivity index (χ2n) is 13.6. The molecule has 4 atom stereocenters. The summed E-state index contributed by atoms with van der Waals surface area (Å²) in [5.41, 5.74) is 10.5. The number of ether oxygens (including phenoxy) is 2. The molecule has 3 fully saturated rings. The predicted molar refractivity (Wildman–Crippen MR) is 165 cm³/mol. The van der Waals surface area contributed by atoms with Crippen molar-refractivity contribution in [1.82, 2.24) is 25.3 Å². The molecule has 3 N–H and O–H groups in total. The van der Waals surface area contributed by atoms with Crippen molar-refractivity contribution in [3.05, 3.63) is 46.2 Å². The minimum atomic E-state index is -0.865. The Kier molecular flexibility index (Phi) is 6.78. The first kappa shape index (κ1) is 28.7. The molecule has 8 rings (SSSR count). The SMILES string of the molecule is CC(Oc1cc(N2CCNC3(COC3)C2)nc(-c2noc3c2CCCC32CCc3ccc(N)c(C#N)c32)n1)C1CC(F)CN1C. The summed E-state index contributed by atoms with van der Waals surface area (Å²) in [6.45, 7) is 6.04. The van der Waals surface area contributed by atoms with Crippen molar-refractivity contribution in [3.63, 3.8) is 0 Å². The molecular weight excluding hydrogens is 575 g/mol. The van der Waals surface area contributed by atoms with Crippen LogP contribution in [0.5, 0.6) is 5.88 Å². The standard InChI is InChI=1S/C33H39FN8O3/c1-19(25-12-21(34)15-41(25)2)44-27-13-26(42-11-10-37-32(16-42)17-43-18-32)38-31(39-27)29-22-4-3-8-33(30(22)45-40-29)9-7-20-5-6-24(36)23(14-35)28(20)33/h5-6,13,19,21,25,37H,3-4,7-12,15-18,36H2,1-2H3. The summed E-state index contributed by atoms with van der Waals surface area (Å²) < 4.78 is 32.5. The van der Waals surface area contributed by atoms with Crippen molar-refractivity contribution in [1.29, 1.82) is 5.26 Å². The number of piperazine rings is 1. The van der Waals surface area contributed by atoms with Crippen LogP contribution < -0.4 is 20.7 Å². The van der Waals surface area contributed by atoms with E-state index in [0.29, 0.717) is 54.8 Å². The number of nitriles is 1. The van der Waals surface area contributed by atoms with Gasteiger partial charge in [-0.1, -0.05) is 11.2 Å². The van der Waals surface area contributed by atoms with Crippen LogP contribution in [0.25, 0.3) is 11.5 Å². The quantitative estimate of drug-likeness (QED) is 0.410. The van der Waals surface area contributed by atoms with Gasteiger partial charge in [0.2, 0.25) is 5.88 Å². The summed E-state index contributed by atoms with van der Waals surface area (Å²) in [6.07, 6.45) is 3.53. The summed E-state index contributed by atoms with van der Waals surface area (Å²) in [7, 11) is 1.94. The summed E-state index contributed by atoms with van der Waals surface area (Å²) in [4.78, 5) is 14.2. The van der Waals surface area contributed by atoms with E-state index >= 15 is 0 Å². The minimum absolute atomic E-state index is 0.0553. The second-order valence-corrected chi connectivity index (χ2v) is 13.6. The third-order valence-corrected chi connectivity index (χ3v) is 10.7.